The molecule has 3 rings (SSSR count). The summed E-state index contributed by atoms with van der Waals surface area (Å²) in [6.07, 6.45) is 2.68. The first-order valence-corrected chi connectivity index (χ1v) is 10.8. The summed E-state index contributed by atoms with van der Waals surface area (Å²) >= 11 is 0. The molecule has 0 bridgehead atoms. The Bertz CT molecular complexity index is 876. The Morgan fingerprint density at radius 2 is 2.00 bits per heavy atom. The van der Waals surface area contributed by atoms with Crippen molar-refractivity contribution in [1.82, 2.24) is 25.4 Å². The number of carbonyl (C=O) groups excluding carboxylic acids is 1. The van der Waals surface area contributed by atoms with Gasteiger partial charge >= 0.3 is 0 Å². The summed E-state index contributed by atoms with van der Waals surface area (Å²) in [6.45, 7) is 11.2. The molecule has 0 spiro atoms. The lowest BCUT2D eigenvalue weighted by Crippen LogP contribution is -2.54. The largest absolute Gasteiger partial charge is 0.361 e. The van der Waals surface area contributed by atoms with Crippen molar-refractivity contribution >= 4 is 46.7 Å². The fourth-order valence-corrected chi connectivity index (χ4v) is 3.75. The van der Waals surface area contributed by atoms with Crippen molar-refractivity contribution in [3.63, 3.8) is 0 Å². The molecule has 1 aromatic heterocycles. The van der Waals surface area contributed by atoms with Gasteiger partial charge in [0.25, 0.3) is 0 Å². The maximum absolute atomic E-state index is 13.6. The molecular weight excluding hydrogens is 510 g/mol. The predicted octanol–water partition coefficient (Wildman–Crippen LogP) is 2.58. The molecule has 1 saturated heterocycles. The molecule has 0 radical (unpaired) electrons. The Balaban J connectivity index is 0.00000341. The molecule has 2 aromatic rings. The van der Waals surface area contributed by atoms with Crippen molar-refractivity contribution in [2.24, 2.45) is 4.99 Å². The van der Waals surface area contributed by atoms with Crippen LogP contribution in [0.4, 0.5) is 4.39 Å². The monoisotopic (exact) mass is 544 g/mol. The number of hydrogen-bond donors (Lipinski definition) is 3. The first-order chi connectivity index (χ1) is 14.5. The number of piperazine rings is 1. The summed E-state index contributed by atoms with van der Waals surface area (Å²) in [4.78, 5) is 24.4. The number of carbonyl (C=O) groups is 1. The molecule has 0 aliphatic carbocycles. The Kier molecular flexibility index (Phi) is 10.0. The van der Waals surface area contributed by atoms with Gasteiger partial charge < -0.3 is 20.5 Å². The van der Waals surface area contributed by atoms with Crippen molar-refractivity contribution in [2.75, 3.05) is 45.8 Å². The first-order valence-electron chi connectivity index (χ1n) is 10.8. The van der Waals surface area contributed by atoms with Crippen molar-refractivity contribution in [3.05, 3.63) is 35.8 Å². The second-order valence-electron chi connectivity index (χ2n) is 7.97. The van der Waals surface area contributed by atoms with Gasteiger partial charge in [-0.3, -0.25) is 14.7 Å². The molecule has 172 valence electrons. The summed E-state index contributed by atoms with van der Waals surface area (Å²) in [6, 6.07) is 4.98. The Labute approximate surface area is 200 Å². The summed E-state index contributed by atoms with van der Waals surface area (Å²) in [5, 5.41) is 7.24. The van der Waals surface area contributed by atoms with Crippen LogP contribution in [-0.2, 0) is 11.2 Å². The van der Waals surface area contributed by atoms with Crippen LogP contribution < -0.4 is 10.6 Å². The third kappa shape index (κ3) is 7.34. The SMILES string of the molecule is CCNC(=NCCc1c[nH]c2ccc(F)cc12)N1CCN(CC(=O)NC(C)C)CC1.I. The van der Waals surface area contributed by atoms with E-state index in [1.54, 1.807) is 12.1 Å². The Morgan fingerprint density at radius 3 is 2.68 bits per heavy atom. The number of aromatic amines is 1. The van der Waals surface area contributed by atoms with Crippen molar-refractivity contribution < 1.29 is 9.18 Å². The predicted molar refractivity (Wildman–Crippen MR) is 135 cm³/mol. The van der Waals surface area contributed by atoms with Gasteiger partial charge in [-0.1, -0.05) is 0 Å². The zero-order valence-electron chi connectivity index (χ0n) is 18.6. The van der Waals surface area contributed by atoms with E-state index < -0.39 is 0 Å². The molecule has 0 atom stereocenters. The van der Waals surface area contributed by atoms with E-state index in [-0.39, 0.29) is 41.7 Å². The molecular formula is C22H34FIN6O. The number of amides is 1. The van der Waals surface area contributed by atoms with E-state index in [9.17, 15) is 9.18 Å². The average Bonchev–Trinajstić information content (AvgIpc) is 3.09. The highest BCUT2D eigenvalue weighted by Gasteiger charge is 2.21. The second kappa shape index (κ2) is 12.2. The molecule has 1 aromatic carbocycles. The number of aliphatic imine (C=N–C) groups is 1. The standard InChI is InChI=1S/C22H33FN6O.HI/c1-4-24-22(29-11-9-28(10-12-29)15-21(30)27-16(2)3)25-8-7-17-14-26-20-6-5-18(23)13-19(17)20;/h5-6,13-14,16,26H,4,7-12,15H2,1-3H3,(H,24,25)(H,27,30);1H. The summed E-state index contributed by atoms with van der Waals surface area (Å²) in [5.41, 5.74) is 2.02. The van der Waals surface area contributed by atoms with Gasteiger partial charge in [0.05, 0.1) is 6.54 Å². The number of H-pyrrole nitrogens is 1. The summed E-state index contributed by atoms with van der Waals surface area (Å²) in [5.74, 6) is 0.754. The summed E-state index contributed by atoms with van der Waals surface area (Å²) < 4.78 is 13.6. The van der Waals surface area contributed by atoms with Gasteiger partial charge in [-0.2, -0.15) is 0 Å². The van der Waals surface area contributed by atoms with Gasteiger partial charge in [-0.05, 0) is 51.0 Å². The van der Waals surface area contributed by atoms with Gasteiger partial charge in [0.2, 0.25) is 5.91 Å². The number of guanidine groups is 1. The minimum absolute atomic E-state index is 0. The highest BCUT2D eigenvalue weighted by atomic mass is 127. The van der Waals surface area contributed by atoms with E-state index >= 15 is 0 Å². The summed E-state index contributed by atoms with van der Waals surface area (Å²) in [7, 11) is 0. The van der Waals surface area contributed by atoms with Crippen LogP contribution in [0, 0.1) is 5.82 Å². The number of benzene rings is 1. The lowest BCUT2D eigenvalue weighted by atomic mass is 10.1. The first kappa shape index (κ1) is 25.4. The Hall–Kier alpha value is -1.88. The lowest BCUT2D eigenvalue weighted by molar-refractivity contribution is -0.123. The topological polar surface area (TPSA) is 75.8 Å². The van der Waals surface area contributed by atoms with Crippen LogP contribution in [0.1, 0.15) is 26.3 Å². The molecule has 7 nitrogen and oxygen atoms in total. The van der Waals surface area contributed by atoms with Crippen molar-refractivity contribution in [2.45, 2.75) is 33.2 Å². The van der Waals surface area contributed by atoms with E-state index in [0.29, 0.717) is 13.1 Å². The third-order valence-electron chi connectivity index (χ3n) is 5.20. The molecule has 9 heteroatoms. The highest BCUT2D eigenvalue weighted by molar-refractivity contribution is 14.0. The molecule has 3 N–H and O–H groups in total. The minimum atomic E-state index is -0.222. The van der Waals surface area contributed by atoms with Crippen LogP contribution in [0.15, 0.2) is 29.4 Å². The van der Waals surface area contributed by atoms with Crippen LogP contribution in [0.25, 0.3) is 10.9 Å². The number of nitrogens with zero attached hydrogens (tertiary/aromatic N) is 3. The van der Waals surface area contributed by atoms with Gasteiger partial charge in [0.1, 0.15) is 5.82 Å². The number of halogens is 2. The molecule has 31 heavy (non-hydrogen) atoms. The van der Waals surface area contributed by atoms with Gasteiger partial charge in [0, 0.05) is 62.4 Å². The maximum atomic E-state index is 13.6. The number of aromatic nitrogens is 1. The molecule has 1 aliphatic heterocycles. The van der Waals surface area contributed by atoms with E-state index in [4.69, 9.17) is 4.99 Å². The highest BCUT2D eigenvalue weighted by Crippen LogP contribution is 2.19. The average molecular weight is 544 g/mol. The smallest absolute Gasteiger partial charge is 0.234 e. The normalized spacial score (nSPS) is 15.3. The van der Waals surface area contributed by atoms with Crippen LogP contribution in [0.5, 0.6) is 0 Å². The zero-order chi connectivity index (χ0) is 21.5. The molecule has 1 aliphatic rings. The van der Waals surface area contributed by atoms with Gasteiger partial charge in [-0.25, -0.2) is 4.39 Å². The molecule has 1 fully saturated rings. The molecule has 0 saturated carbocycles. The minimum Gasteiger partial charge on any atom is -0.361 e. The third-order valence-corrected chi connectivity index (χ3v) is 5.20. The van der Waals surface area contributed by atoms with Crippen molar-refractivity contribution in [1.29, 1.82) is 0 Å². The van der Waals surface area contributed by atoms with Gasteiger partial charge in [0.15, 0.2) is 5.96 Å². The number of nitrogens with one attached hydrogen (secondary N) is 3. The van der Waals surface area contributed by atoms with E-state index in [1.165, 1.54) is 6.07 Å². The molecule has 0 unspecified atom stereocenters. The van der Waals surface area contributed by atoms with E-state index in [1.807, 2.05) is 20.0 Å². The van der Waals surface area contributed by atoms with Gasteiger partial charge in [-0.15, -0.1) is 24.0 Å². The second-order valence-corrected chi connectivity index (χ2v) is 7.97. The number of fused-ring (bicyclic) bond motifs is 1. The quantitative estimate of drug-likeness (QED) is 0.285. The van der Waals surface area contributed by atoms with Crippen LogP contribution in [0.3, 0.4) is 0 Å². The maximum Gasteiger partial charge on any atom is 0.234 e. The Morgan fingerprint density at radius 1 is 1.26 bits per heavy atom. The van der Waals surface area contributed by atoms with Crippen LogP contribution in [0.2, 0.25) is 0 Å². The number of rotatable bonds is 7. The molecule has 2 heterocycles. The van der Waals surface area contributed by atoms with E-state index in [0.717, 1.165) is 61.6 Å². The molecule has 1 amide bonds. The number of hydrogen-bond acceptors (Lipinski definition) is 3. The zero-order valence-corrected chi connectivity index (χ0v) is 20.9. The van der Waals surface area contributed by atoms with Crippen LogP contribution >= 0.6 is 24.0 Å². The van der Waals surface area contributed by atoms with E-state index in [2.05, 4.69) is 32.3 Å². The fraction of sp³-hybridized carbons (Fsp3) is 0.545. The fourth-order valence-electron chi connectivity index (χ4n) is 3.75. The lowest BCUT2D eigenvalue weighted by Gasteiger charge is -2.36. The van der Waals surface area contributed by atoms with Crippen LogP contribution in [-0.4, -0.2) is 78.5 Å². The van der Waals surface area contributed by atoms with Crippen molar-refractivity contribution in [3.8, 4) is 0 Å².